The zero-order valence-corrected chi connectivity index (χ0v) is 20.4. The SMILES string of the molecule is CCCCCCCCCCCCCCCCCN(CCCCC)CCCCC. The van der Waals surface area contributed by atoms with E-state index in [4.69, 9.17) is 0 Å². The molecule has 0 bridgehead atoms. The molecule has 0 unspecified atom stereocenters. The molecule has 0 amide bonds. The third-order valence-electron chi connectivity index (χ3n) is 6.23. The highest BCUT2D eigenvalue weighted by Crippen LogP contribution is 2.13. The topological polar surface area (TPSA) is 3.24 Å². The van der Waals surface area contributed by atoms with Gasteiger partial charge in [0.05, 0.1) is 0 Å². The molecule has 0 saturated heterocycles. The molecule has 0 aliphatic heterocycles. The van der Waals surface area contributed by atoms with Gasteiger partial charge >= 0.3 is 0 Å². The van der Waals surface area contributed by atoms with Gasteiger partial charge in [0, 0.05) is 0 Å². The summed E-state index contributed by atoms with van der Waals surface area (Å²) < 4.78 is 0. The Hall–Kier alpha value is -0.0400. The first-order valence-corrected chi connectivity index (χ1v) is 13.6. The maximum Gasteiger partial charge on any atom is -0.00187 e. The number of nitrogens with zero attached hydrogens (tertiary/aromatic N) is 1. The lowest BCUT2D eigenvalue weighted by Crippen LogP contribution is -2.27. The van der Waals surface area contributed by atoms with Crippen molar-refractivity contribution in [2.24, 2.45) is 0 Å². The van der Waals surface area contributed by atoms with Crippen LogP contribution in [-0.4, -0.2) is 24.5 Å². The fourth-order valence-electron chi connectivity index (χ4n) is 4.21. The minimum atomic E-state index is 1.34. The first kappa shape index (κ1) is 28.0. The largest absolute Gasteiger partial charge is 0.303 e. The second-order valence-electron chi connectivity index (χ2n) is 9.21. The van der Waals surface area contributed by atoms with E-state index in [1.807, 2.05) is 0 Å². The van der Waals surface area contributed by atoms with Crippen LogP contribution in [0.2, 0.25) is 0 Å². The zero-order chi connectivity index (χ0) is 20.5. The molecule has 0 aromatic heterocycles. The molecule has 1 heteroatoms. The number of unbranched alkanes of at least 4 members (excludes halogenated alkanes) is 18. The highest BCUT2D eigenvalue weighted by molar-refractivity contribution is 4.59. The Labute approximate surface area is 180 Å². The van der Waals surface area contributed by atoms with Gasteiger partial charge in [0.2, 0.25) is 0 Å². The molecule has 28 heavy (non-hydrogen) atoms. The molecular weight excluding hydrogens is 338 g/mol. The maximum atomic E-state index is 2.76. The Morgan fingerprint density at radius 3 is 0.821 bits per heavy atom. The first-order valence-electron chi connectivity index (χ1n) is 13.6. The summed E-state index contributed by atoms with van der Waals surface area (Å²) >= 11 is 0. The molecule has 0 aliphatic carbocycles. The zero-order valence-electron chi connectivity index (χ0n) is 20.4. The summed E-state index contributed by atoms with van der Waals surface area (Å²) in [4.78, 5) is 2.76. The van der Waals surface area contributed by atoms with E-state index < -0.39 is 0 Å². The van der Waals surface area contributed by atoms with Gasteiger partial charge in [-0.1, -0.05) is 136 Å². The van der Waals surface area contributed by atoms with Crippen LogP contribution < -0.4 is 0 Å². The number of hydrogen-bond donors (Lipinski definition) is 0. The van der Waals surface area contributed by atoms with Crippen LogP contribution in [0.25, 0.3) is 0 Å². The molecule has 1 nitrogen and oxygen atoms in total. The van der Waals surface area contributed by atoms with Crippen LogP contribution in [-0.2, 0) is 0 Å². The Kier molecular flexibility index (Phi) is 25.0. The average molecular weight is 396 g/mol. The molecule has 0 N–H and O–H groups in total. The standard InChI is InChI=1S/C27H57N/c1-4-7-10-11-12-13-14-15-16-17-18-19-20-21-24-27-28(25-22-8-5-2)26-23-9-6-3/h4-27H2,1-3H3. The molecule has 0 fully saturated rings. The minimum absolute atomic E-state index is 1.34. The molecule has 0 aliphatic rings. The van der Waals surface area contributed by atoms with Crippen molar-refractivity contribution in [3.8, 4) is 0 Å². The lowest BCUT2D eigenvalue weighted by atomic mass is 10.0. The van der Waals surface area contributed by atoms with Crippen molar-refractivity contribution in [2.45, 2.75) is 156 Å². The van der Waals surface area contributed by atoms with Crippen LogP contribution >= 0.6 is 0 Å². The maximum absolute atomic E-state index is 2.76. The van der Waals surface area contributed by atoms with E-state index in [9.17, 15) is 0 Å². The van der Waals surface area contributed by atoms with Gasteiger partial charge in [-0.05, 0) is 38.9 Å². The van der Waals surface area contributed by atoms with Gasteiger partial charge < -0.3 is 4.90 Å². The Morgan fingerprint density at radius 2 is 0.500 bits per heavy atom. The van der Waals surface area contributed by atoms with Crippen LogP contribution in [0.15, 0.2) is 0 Å². The molecule has 0 heterocycles. The van der Waals surface area contributed by atoms with E-state index in [2.05, 4.69) is 25.7 Å². The van der Waals surface area contributed by atoms with Crippen LogP contribution in [0, 0.1) is 0 Å². The van der Waals surface area contributed by atoms with Crippen molar-refractivity contribution in [3.05, 3.63) is 0 Å². The number of rotatable bonds is 24. The summed E-state index contributed by atoms with van der Waals surface area (Å²) in [6.07, 6.45) is 30.3. The Morgan fingerprint density at radius 1 is 0.286 bits per heavy atom. The van der Waals surface area contributed by atoms with Gasteiger partial charge in [-0.2, -0.15) is 0 Å². The van der Waals surface area contributed by atoms with Crippen LogP contribution in [0.1, 0.15) is 156 Å². The van der Waals surface area contributed by atoms with E-state index >= 15 is 0 Å². The Balaban J connectivity index is 3.37. The predicted octanol–water partition coefficient (Wildman–Crippen LogP) is 9.54. The fraction of sp³-hybridized carbons (Fsp3) is 1.00. The quantitative estimate of drug-likeness (QED) is 0.147. The van der Waals surface area contributed by atoms with E-state index in [-0.39, 0.29) is 0 Å². The molecule has 0 saturated carbocycles. The molecule has 0 radical (unpaired) electrons. The lowest BCUT2D eigenvalue weighted by Gasteiger charge is -2.22. The van der Waals surface area contributed by atoms with E-state index in [1.165, 1.54) is 154 Å². The van der Waals surface area contributed by atoms with Crippen molar-refractivity contribution in [1.29, 1.82) is 0 Å². The second kappa shape index (κ2) is 25.0. The van der Waals surface area contributed by atoms with Crippen molar-refractivity contribution in [3.63, 3.8) is 0 Å². The summed E-state index contributed by atoms with van der Waals surface area (Å²) in [6.45, 7) is 11.0. The van der Waals surface area contributed by atoms with Gasteiger partial charge in [-0.25, -0.2) is 0 Å². The molecule has 0 atom stereocenters. The fourth-order valence-corrected chi connectivity index (χ4v) is 4.21. The normalized spacial score (nSPS) is 11.6. The molecule has 0 rings (SSSR count). The summed E-state index contributed by atoms with van der Waals surface area (Å²) in [5, 5.41) is 0. The van der Waals surface area contributed by atoms with Crippen molar-refractivity contribution in [2.75, 3.05) is 19.6 Å². The van der Waals surface area contributed by atoms with Crippen LogP contribution in [0.3, 0.4) is 0 Å². The van der Waals surface area contributed by atoms with E-state index in [0.717, 1.165) is 0 Å². The first-order chi connectivity index (χ1) is 13.8. The van der Waals surface area contributed by atoms with Gasteiger partial charge in [0.25, 0.3) is 0 Å². The number of hydrogen-bond acceptors (Lipinski definition) is 1. The molecule has 170 valence electrons. The molecule has 0 aromatic rings. The van der Waals surface area contributed by atoms with Gasteiger partial charge in [0.15, 0.2) is 0 Å². The van der Waals surface area contributed by atoms with Crippen LogP contribution in [0.5, 0.6) is 0 Å². The minimum Gasteiger partial charge on any atom is -0.303 e. The van der Waals surface area contributed by atoms with Crippen molar-refractivity contribution in [1.82, 2.24) is 4.90 Å². The average Bonchev–Trinajstić information content (AvgIpc) is 2.70. The summed E-state index contributed by atoms with van der Waals surface area (Å²) in [6, 6.07) is 0. The van der Waals surface area contributed by atoms with Gasteiger partial charge in [0.1, 0.15) is 0 Å². The van der Waals surface area contributed by atoms with Crippen LogP contribution in [0.4, 0.5) is 0 Å². The van der Waals surface area contributed by atoms with E-state index in [0.29, 0.717) is 0 Å². The highest BCUT2D eigenvalue weighted by Gasteiger charge is 2.04. The van der Waals surface area contributed by atoms with Gasteiger partial charge in [-0.3, -0.25) is 0 Å². The highest BCUT2D eigenvalue weighted by atomic mass is 15.1. The summed E-state index contributed by atoms with van der Waals surface area (Å²) in [7, 11) is 0. The Bertz CT molecular complexity index is 253. The predicted molar refractivity (Wildman–Crippen MR) is 130 cm³/mol. The third-order valence-corrected chi connectivity index (χ3v) is 6.23. The molecule has 0 spiro atoms. The molecular formula is C27H57N. The van der Waals surface area contributed by atoms with Crippen molar-refractivity contribution < 1.29 is 0 Å². The smallest absolute Gasteiger partial charge is 0.00187 e. The lowest BCUT2D eigenvalue weighted by molar-refractivity contribution is 0.255. The van der Waals surface area contributed by atoms with Crippen molar-refractivity contribution >= 4 is 0 Å². The van der Waals surface area contributed by atoms with E-state index in [1.54, 1.807) is 0 Å². The second-order valence-corrected chi connectivity index (χ2v) is 9.21. The van der Waals surface area contributed by atoms with Gasteiger partial charge in [-0.15, -0.1) is 0 Å². The third kappa shape index (κ3) is 22.3. The monoisotopic (exact) mass is 395 g/mol. The molecule has 0 aromatic carbocycles. The summed E-state index contributed by atoms with van der Waals surface area (Å²) in [5.74, 6) is 0. The summed E-state index contributed by atoms with van der Waals surface area (Å²) in [5.41, 5.74) is 0.